The molecule has 0 N–H and O–H groups in total. The molecule has 0 unspecified atom stereocenters. The molecule has 0 saturated carbocycles. The van der Waals surface area contributed by atoms with Gasteiger partial charge in [-0.3, -0.25) is 10.1 Å². The number of likely N-dealkylation sites (N-methyl/N-ethyl adjacent to an activating group) is 1. The third-order valence-electron chi connectivity index (χ3n) is 3.91. The molecule has 1 aromatic rings. The van der Waals surface area contributed by atoms with E-state index < -0.39 is 0 Å². The third kappa shape index (κ3) is 3.07. The van der Waals surface area contributed by atoms with E-state index in [4.69, 9.17) is 0 Å². The van der Waals surface area contributed by atoms with Gasteiger partial charge in [-0.15, -0.1) is 0 Å². The second-order valence-electron chi connectivity index (χ2n) is 5.32. The van der Waals surface area contributed by atoms with Crippen molar-refractivity contribution in [2.45, 2.75) is 33.2 Å². The molecule has 110 valence electrons. The number of hydrogen-bond donors (Lipinski definition) is 0. The highest BCUT2D eigenvalue weighted by Gasteiger charge is 2.23. The van der Waals surface area contributed by atoms with Gasteiger partial charge in [0, 0.05) is 25.2 Å². The van der Waals surface area contributed by atoms with Crippen LogP contribution in [0.4, 0.5) is 11.5 Å². The molecule has 1 aromatic heterocycles. The van der Waals surface area contributed by atoms with Crippen molar-refractivity contribution in [1.29, 1.82) is 0 Å². The molecule has 0 bridgehead atoms. The van der Waals surface area contributed by atoms with E-state index >= 15 is 0 Å². The molecule has 2 heterocycles. The molecule has 0 spiro atoms. The van der Waals surface area contributed by atoms with Crippen LogP contribution in [0.2, 0.25) is 0 Å². The Kier molecular flexibility index (Phi) is 4.54. The van der Waals surface area contributed by atoms with Gasteiger partial charge >= 0.3 is 0 Å². The molecular weight excluding hydrogens is 256 g/mol. The Labute approximate surface area is 119 Å². The van der Waals surface area contributed by atoms with Gasteiger partial charge in [-0.25, -0.2) is 4.98 Å². The first kappa shape index (κ1) is 14.7. The summed E-state index contributed by atoms with van der Waals surface area (Å²) in [5.41, 5.74) is 0.572. The zero-order valence-corrected chi connectivity index (χ0v) is 12.4. The summed E-state index contributed by atoms with van der Waals surface area (Å²) < 4.78 is 0. The number of nitro groups is 1. The monoisotopic (exact) mass is 278 g/mol. The van der Waals surface area contributed by atoms with E-state index in [1.807, 2.05) is 0 Å². The minimum Gasteiger partial charge on any atom is -0.353 e. The van der Waals surface area contributed by atoms with Crippen LogP contribution in [0.3, 0.4) is 0 Å². The lowest BCUT2D eigenvalue weighted by Crippen LogP contribution is -2.39. The highest BCUT2D eigenvalue weighted by molar-refractivity contribution is 5.47. The Morgan fingerprint density at radius 1 is 1.45 bits per heavy atom. The van der Waals surface area contributed by atoms with Crippen molar-refractivity contribution in [1.82, 2.24) is 9.88 Å². The van der Waals surface area contributed by atoms with Crippen molar-refractivity contribution in [3.63, 3.8) is 0 Å². The van der Waals surface area contributed by atoms with E-state index in [0.717, 1.165) is 38.4 Å². The average molecular weight is 278 g/mol. The fraction of sp³-hybridized carbons (Fsp3) is 0.643. The second kappa shape index (κ2) is 6.17. The summed E-state index contributed by atoms with van der Waals surface area (Å²) in [7, 11) is 0. The minimum absolute atomic E-state index is 0.0893. The van der Waals surface area contributed by atoms with Crippen molar-refractivity contribution in [2.75, 3.05) is 31.1 Å². The van der Waals surface area contributed by atoms with Crippen molar-refractivity contribution < 1.29 is 4.92 Å². The summed E-state index contributed by atoms with van der Waals surface area (Å²) in [5, 5.41) is 10.9. The fourth-order valence-electron chi connectivity index (χ4n) is 2.77. The summed E-state index contributed by atoms with van der Waals surface area (Å²) in [4.78, 5) is 19.6. The molecule has 1 fully saturated rings. The van der Waals surface area contributed by atoms with Crippen LogP contribution in [0.5, 0.6) is 0 Å². The largest absolute Gasteiger partial charge is 0.353 e. The molecule has 0 aromatic carbocycles. The lowest BCUT2D eigenvalue weighted by Gasteiger charge is -2.29. The number of hydrogen-bond acceptors (Lipinski definition) is 5. The van der Waals surface area contributed by atoms with Gasteiger partial charge in [0.15, 0.2) is 0 Å². The normalized spacial score (nSPS) is 20.8. The van der Waals surface area contributed by atoms with Gasteiger partial charge in [0.25, 0.3) is 5.69 Å². The molecule has 6 heteroatoms. The number of rotatable bonds is 3. The van der Waals surface area contributed by atoms with E-state index in [-0.39, 0.29) is 10.6 Å². The van der Waals surface area contributed by atoms with Crippen molar-refractivity contribution in [3.8, 4) is 0 Å². The maximum absolute atomic E-state index is 10.9. The molecular formula is C14H22N4O2. The predicted molar refractivity (Wildman–Crippen MR) is 79.2 cm³/mol. The van der Waals surface area contributed by atoms with Crippen LogP contribution in [0.25, 0.3) is 0 Å². The number of pyridine rings is 1. The summed E-state index contributed by atoms with van der Waals surface area (Å²) >= 11 is 0. The van der Waals surface area contributed by atoms with E-state index in [9.17, 15) is 10.1 Å². The maximum atomic E-state index is 10.9. The summed E-state index contributed by atoms with van der Waals surface area (Å²) in [6.45, 7) is 10.2. The standard InChI is InChI=1S/C14H22N4O2/c1-4-16-8-5-9-17(11(2)10-16)14-7-6-13(18(19)20)12(3)15-14/h6-7,11H,4-5,8-10H2,1-3H3/t11-/m1/s1. The first-order valence-electron chi connectivity index (χ1n) is 7.14. The minimum atomic E-state index is -0.378. The van der Waals surface area contributed by atoms with Crippen LogP contribution in [-0.4, -0.2) is 47.0 Å². The first-order chi connectivity index (χ1) is 9.52. The lowest BCUT2D eigenvalue weighted by atomic mass is 10.2. The molecule has 0 aliphatic carbocycles. The summed E-state index contributed by atoms with van der Waals surface area (Å²) in [5.74, 6) is 0.846. The molecule has 0 radical (unpaired) electrons. The Bertz CT molecular complexity index is 492. The average Bonchev–Trinajstić information content (AvgIpc) is 2.59. The SMILES string of the molecule is CCN1CCCN(c2ccc([N+](=O)[O-])c(C)n2)[C@H](C)C1. The number of nitrogens with zero attached hydrogens (tertiary/aromatic N) is 4. The molecule has 1 atom stereocenters. The molecule has 1 aliphatic rings. The maximum Gasteiger partial charge on any atom is 0.290 e. The Morgan fingerprint density at radius 2 is 2.20 bits per heavy atom. The molecule has 1 aliphatic heterocycles. The molecule has 2 rings (SSSR count). The van der Waals surface area contributed by atoms with Crippen LogP contribution >= 0.6 is 0 Å². The highest BCUT2D eigenvalue weighted by atomic mass is 16.6. The Hall–Kier alpha value is -1.69. The molecule has 0 amide bonds. The second-order valence-corrected chi connectivity index (χ2v) is 5.32. The zero-order chi connectivity index (χ0) is 14.7. The topological polar surface area (TPSA) is 62.5 Å². The van der Waals surface area contributed by atoms with Crippen LogP contribution < -0.4 is 4.90 Å². The number of aromatic nitrogens is 1. The molecule has 20 heavy (non-hydrogen) atoms. The number of anilines is 1. The smallest absolute Gasteiger partial charge is 0.290 e. The van der Waals surface area contributed by atoms with Crippen molar-refractivity contribution in [3.05, 3.63) is 27.9 Å². The van der Waals surface area contributed by atoms with Gasteiger partial charge in [-0.2, -0.15) is 0 Å². The van der Waals surface area contributed by atoms with E-state index in [0.29, 0.717) is 11.7 Å². The highest BCUT2D eigenvalue weighted by Crippen LogP contribution is 2.23. The first-order valence-corrected chi connectivity index (χ1v) is 7.14. The van der Waals surface area contributed by atoms with Crippen LogP contribution in [0, 0.1) is 17.0 Å². The van der Waals surface area contributed by atoms with E-state index in [1.54, 1.807) is 19.1 Å². The zero-order valence-electron chi connectivity index (χ0n) is 12.4. The Balaban J connectivity index is 2.22. The van der Waals surface area contributed by atoms with Crippen molar-refractivity contribution >= 4 is 11.5 Å². The molecule has 6 nitrogen and oxygen atoms in total. The van der Waals surface area contributed by atoms with E-state index in [1.165, 1.54) is 0 Å². The van der Waals surface area contributed by atoms with E-state index in [2.05, 4.69) is 28.6 Å². The molecule has 1 saturated heterocycles. The quantitative estimate of drug-likeness (QED) is 0.626. The Morgan fingerprint density at radius 3 is 2.80 bits per heavy atom. The van der Waals surface area contributed by atoms with Gasteiger partial charge in [-0.1, -0.05) is 6.92 Å². The predicted octanol–water partition coefficient (Wildman–Crippen LogP) is 2.22. The van der Waals surface area contributed by atoms with Crippen LogP contribution in [0.15, 0.2) is 12.1 Å². The summed E-state index contributed by atoms with van der Waals surface area (Å²) in [6, 6.07) is 3.70. The van der Waals surface area contributed by atoms with Gasteiger partial charge in [0.05, 0.1) is 4.92 Å². The van der Waals surface area contributed by atoms with Crippen LogP contribution in [0.1, 0.15) is 26.0 Å². The van der Waals surface area contributed by atoms with Gasteiger partial charge in [-0.05, 0) is 39.4 Å². The number of aryl methyl sites for hydroxylation is 1. The van der Waals surface area contributed by atoms with Gasteiger partial charge in [0.2, 0.25) is 0 Å². The fourth-order valence-corrected chi connectivity index (χ4v) is 2.77. The lowest BCUT2D eigenvalue weighted by molar-refractivity contribution is -0.385. The van der Waals surface area contributed by atoms with Crippen LogP contribution in [-0.2, 0) is 0 Å². The third-order valence-corrected chi connectivity index (χ3v) is 3.91. The summed E-state index contributed by atoms with van der Waals surface area (Å²) in [6.07, 6.45) is 1.09. The van der Waals surface area contributed by atoms with Gasteiger partial charge in [0.1, 0.15) is 11.5 Å². The van der Waals surface area contributed by atoms with Crippen molar-refractivity contribution in [2.24, 2.45) is 0 Å². The van der Waals surface area contributed by atoms with Gasteiger partial charge < -0.3 is 9.80 Å².